The molecule has 2 amide bonds. The Morgan fingerprint density at radius 3 is 1.23 bits per heavy atom. The lowest BCUT2D eigenvalue weighted by Gasteiger charge is -2.28. The highest BCUT2D eigenvalue weighted by atomic mass is 19.2. The van der Waals surface area contributed by atoms with Crippen LogP contribution in [0.25, 0.3) is 0 Å². The first-order chi connectivity index (χ1) is 23.0. The number of ether oxygens (including phenoxy) is 2. The van der Waals surface area contributed by atoms with Gasteiger partial charge in [0.05, 0.1) is 0 Å². The molecule has 3 aromatic rings. The third kappa shape index (κ3) is 6.26. The lowest BCUT2D eigenvalue weighted by molar-refractivity contribution is 0.0907. The summed E-state index contributed by atoms with van der Waals surface area (Å²) in [5, 5.41) is 6.10. The summed E-state index contributed by atoms with van der Waals surface area (Å²) in [6.07, 6.45) is 9.65. The highest BCUT2D eigenvalue weighted by Crippen LogP contribution is 2.50. The third-order valence-corrected chi connectivity index (χ3v) is 11.4. The molecule has 0 spiro atoms. The average Bonchev–Trinajstić information content (AvgIpc) is 3.92. The predicted octanol–water partition coefficient (Wildman–Crippen LogP) is 8.94. The SMILES string of the molecule is C[C@H](NC(=O)c1ccc(Oc2c(F)c(F)c(Oc3ccc(C(=O)N[C@H](C)[C@@H]4C[C@@H]5CC[C@@H]4C5)cc3)c(F)c2F)cc1)[C@@H]1C[C@@H]2CC[C@@H]1C2. The molecule has 3 aromatic carbocycles. The van der Waals surface area contributed by atoms with E-state index in [0.29, 0.717) is 34.8 Å². The maximum atomic E-state index is 15.0. The summed E-state index contributed by atoms with van der Waals surface area (Å²) in [6, 6.07) is 10.9. The van der Waals surface area contributed by atoms with Crippen molar-refractivity contribution in [3.8, 4) is 23.0 Å². The van der Waals surface area contributed by atoms with Gasteiger partial charge in [-0.15, -0.1) is 0 Å². The van der Waals surface area contributed by atoms with E-state index in [1.165, 1.54) is 87.1 Å². The molecule has 4 aliphatic carbocycles. The van der Waals surface area contributed by atoms with E-state index in [0.717, 1.165) is 24.7 Å². The molecular weight excluding hydrogens is 624 g/mol. The monoisotopic (exact) mass is 664 g/mol. The van der Waals surface area contributed by atoms with E-state index in [-0.39, 0.29) is 35.4 Å². The molecule has 0 saturated heterocycles. The summed E-state index contributed by atoms with van der Waals surface area (Å²) in [5.41, 5.74) is 0.635. The van der Waals surface area contributed by atoms with Crippen molar-refractivity contribution >= 4 is 11.8 Å². The van der Waals surface area contributed by atoms with Gasteiger partial charge < -0.3 is 20.1 Å². The Balaban J connectivity index is 0.976. The molecule has 0 unspecified atom stereocenters. The molecular formula is C38H40F4N2O4. The zero-order valence-electron chi connectivity index (χ0n) is 27.0. The second kappa shape index (κ2) is 13.1. The molecule has 254 valence electrons. The number of carbonyl (C=O) groups excluding carboxylic acids is 2. The Kier molecular flexibility index (Phi) is 8.85. The summed E-state index contributed by atoms with van der Waals surface area (Å²) in [7, 11) is 0. The van der Waals surface area contributed by atoms with Crippen LogP contribution in [0, 0.1) is 58.8 Å². The standard InChI is InChI=1S/C38H40F4N2O4/c1-19(29-17-21-3-5-25(29)15-21)43-37(45)23-7-11-27(12-8-23)47-35-31(39)33(41)36(34(42)32(35)40)48-28-13-9-24(10-14-28)38(46)44-20(2)30-18-22-4-6-26(30)16-22/h7-14,19-22,25-26,29-30H,3-6,15-18H2,1-2H3,(H,43,45)(H,44,46)/t19-,20+,21-,22-,25-,26-,29+,30+/m1/s1. The largest absolute Gasteiger partial charge is 0.451 e. The summed E-state index contributed by atoms with van der Waals surface area (Å²) in [4.78, 5) is 25.7. The van der Waals surface area contributed by atoms with Crippen LogP contribution >= 0.6 is 0 Å². The minimum atomic E-state index is -1.78. The van der Waals surface area contributed by atoms with Crippen molar-refractivity contribution in [2.75, 3.05) is 0 Å². The van der Waals surface area contributed by atoms with Crippen molar-refractivity contribution in [3.05, 3.63) is 82.9 Å². The summed E-state index contributed by atoms with van der Waals surface area (Å²) in [6.45, 7) is 4.02. The van der Waals surface area contributed by atoms with Gasteiger partial charge in [-0.05, 0) is 136 Å². The molecule has 0 radical (unpaired) electrons. The zero-order chi connectivity index (χ0) is 33.7. The lowest BCUT2D eigenvalue weighted by Crippen LogP contribution is -2.40. The minimum absolute atomic E-state index is 0.0150. The second-order valence-corrected chi connectivity index (χ2v) is 14.4. The molecule has 6 nitrogen and oxygen atoms in total. The quantitative estimate of drug-likeness (QED) is 0.168. The Hall–Kier alpha value is -4.08. The molecule has 4 fully saturated rings. The van der Waals surface area contributed by atoms with Crippen molar-refractivity contribution < 1.29 is 36.6 Å². The summed E-state index contributed by atoms with van der Waals surface area (Å²) < 4.78 is 70.5. The van der Waals surface area contributed by atoms with Crippen molar-refractivity contribution in [1.82, 2.24) is 10.6 Å². The van der Waals surface area contributed by atoms with Gasteiger partial charge in [-0.25, -0.2) is 0 Å². The first kappa shape index (κ1) is 32.5. The van der Waals surface area contributed by atoms with Crippen LogP contribution in [0.4, 0.5) is 17.6 Å². The molecule has 8 atom stereocenters. The van der Waals surface area contributed by atoms with E-state index in [2.05, 4.69) is 10.6 Å². The van der Waals surface area contributed by atoms with E-state index in [4.69, 9.17) is 9.47 Å². The second-order valence-electron chi connectivity index (χ2n) is 14.4. The Morgan fingerprint density at radius 1 is 0.583 bits per heavy atom. The van der Waals surface area contributed by atoms with Gasteiger partial charge in [0.15, 0.2) is 0 Å². The summed E-state index contributed by atoms with van der Waals surface area (Å²) >= 11 is 0. The van der Waals surface area contributed by atoms with Crippen molar-refractivity contribution in [1.29, 1.82) is 0 Å². The number of carbonyl (C=O) groups is 2. The number of rotatable bonds is 10. The van der Waals surface area contributed by atoms with Crippen LogP contribution in [-0.4, -0.2) is 23.9 Å². The van der Waals surface area contributed by atoms with Crippen LogP contribution < -0.4 is 20.1 Å². The highest BCUT2D eigenvalue weighted by molar-refractivity contribution is 5.95. The van der Waals surface area contributed by atoms with Crippen LogP contribution in [0.2, 0.25) is 0 Å². The van der Waals surface area contributed by atoms with Crippen LogP contribution in [0.15, 0.2) is 48.5 Å². The zero-order valence-corrected chi connectivity index (χ0v) is 27.0. The first-order valence-corrected chi connectivity index (χ1v) is 17.1. The van der Waals surface area contributed by atoms with Crippen LogP contribution in [0.3, 0.4) is 0 Å². The molecule has 0 aromatic heterocycles. The Morgan fingerprint density at radius 2 is 0.938 bits per heavy atom. The van der Waals surface area contributed by atoms with Crippen LogP contribution in [-0.2, 0) is 0 Å². The fraction of sp³-hybridized carbons (Fsp3) is 0.474. The van der Waals surface area contributed by atoms with Gasteiger partial charge in [-0.2, -0.15) is 17.6 Å². The predicted molar refractivity (Wildman–Crippen MR) is 171 cm³/mol. The molecule has 48 heavy (non-hydrogen) atoms. The number of fused-ring (bicyclic) bond motifs is 4. The van der Waals surface area contributed by atoms with Crippen LogP contribution in [0.5, 0.6) is 23.0 Å². The first-order valence-electron chi connectivity index (χ1n) is 17.1. The molecule has 4 bridgehead atoms. The van der Waals surface area contributed by atoms with Crippen LogP contribution in [0.1, 0.15) is 85.9 Å². The van der Waals surface area contributed by atoms with Gasteiger partial charge in [-0.3, -0.25) is 9.59 Å². The van der Waals surface area contributed by atoms with Gasteiger partial charge in [0.2, 0.25) is 34.8 Å². The van der Waals surface area contributed by atoms with E-state index in [9.17, 15) is 9.59 Å². The van der Waals surface area contributed by atoms with E-state index >= 15 is 17.6 Å². The lowest BCUT2D eigenvalue weighted by atomic mass is 9.84. The smallest absolute Gasteiger partial charge is 0.251 e. The number of amides is 2. The van der Waals surface area contributed by atoms with Gasteiger partial charge in [0.25, 0.3) is 11.8 Å². The minimum Gasteiger partial charge on any atom is -0.451 e. The fourth-order valence-electron chi connectivity index (χ4n) is 8.96. The van der Waals surface area contributed by atoms with Gasteiger partial charge in [0.1, 0.15) is 11.5 Å². The fourth-order valence-corrected chi connectivity index (χ4v) is 8.96. The highest BCUT2D eigenvalue weighted by Gasteiger charge is 2.43. The number of hydrogen-bond acceptors (Lipinski definition) is 4. The van der Waals surface area contributed by atoms with Gasteiger partial charge in [-0.1, -0.05) is 12.8 Å². The molecule has 10 heteroatoms. The third-order valence-electron chi connectivity index (χ3n) is 11.4. The number of nitrogens with one attached hydrogen (secondary N) is 2. The topological polar surface area (TPSA) is 76.7 Å². The van der Waals surface area contributed by atoms with Gasteiger partial charge in [0, 0.05) is 23.2 Å². The van der Waals surface area contributed by atoms with Crippen molar-refractivity contribution in [2.24, 2.45) is 35.5 Å². The average molecular weight is 665 g/mol. The molecule has 2 N–H and O–H groups in total. The van der Waals surface area contributed by atoms with E-state index < -0.39 is 34.8 Å². The Bertz CT molecular complexity index is 1540. The molecule has 0 aliphatic heterocycles. The normalized spacial score (nSPS) is 26.7. The van der Waals surface area contributed by atoms with Gasteiger partial charge >= 0.3 is 0 Å². The van der Waals surface area contributed by atoms with Crippen molar-refractivity contribution in [3.63, 3.8) is 0 Å². The summed E-state index contributed by atoms with van der Waals surface area (Å²) in [5.74, 6) is -6.81. The molecule has 0 heterocycles. The van der Waals surface area contributed by atoms with E-state index in [1.807, 2.05) is 13.8 Å². The van der Waals surface area contributed by atoms with Crippen molar-refractivity contribution in [2.45, 2.75) is 77.3 Å². The maximum absolute atomic E-state index is 15.0. The molecule has 4 aliphatic rings. The number of benzene rings is 3. The van der Waals surface area contributed by atoms with E-state index in [1.54, 1.807) is 0 Å². The number of halogens is 4. The molecule has 7 rings (SSSR count). The Labute approximate surface area is 277 Å². The number of hydrogen-bond donors (Lipinski definition) is 2. The maximum Gasteiger partial charge on any atom is 0.251 e. The molecule has 4 saturated carbocycles.